The molecule has 166 valence electrons. The molecule has 4 aromatic rings. The smallest absolute Gasteiger partial charge is 0.184 e. The van der Waals surface area contributed by atoms with Crippen LogP contribution in [0.15, 0.2) is 36.4 Å². The van der Waals surface area contributed by atoms with Crippen LogP contribution in [-0.4, -0.2) is 58.9 Å². The minimum Gasteiger partial charge on any atom is -0.488 e. The van der Waals surface area contributed by atoms with Gasteiger partial charge in [0.05, 0.1) is 31.6 Å². The van der Waals surface area contributed by atoms with Crippen LogP contribution in [0.25, 0.3) is 16.7 Å². The normalized spacial score (nSPS) is 15.1. The number of quaternary nitrogens is 1. The molecule has 1 aliphatic rings. The third-order valence-corrected chi connectivity index (χ3v) is 6.37. The first-order valence-corrected chi connectivity index (χ1v) is 11.5. The van der Waals surface area contributed by atoms with Crippen molar-refractivity contribution in [3.8, 4) is 5.75 Å². The summed E-state index contributed by atoms with van der Waals surface area (Å²) in [6.45, 7) is 11.9. The van der Waals surface area contributed by atoms with E-state index >= 15 is 0 Å². The number of hydrogen-bond acceptors (Lipinski definition) is 5. The predicted molar refractivity (Wildman–Crippen MR) is 127 cm³/mol. The largest absolute Gasteiger partial charge is 0.488 e. The fourth-order valence-electron chi connectivity index (χ4n) is 4.50. The molecule has 0 unspecified atom stereocenters. The van der Waals surface area contributed by atoms with Gasteiger partial charge in [-0.2, -0.15) is 4.52 Å². The lowest BCUT2D eigenvalue weighted by Crippen LogP contribution is -3.15. The lowest BCUT2D eigenvalue weighted by Gasteiger charge is -2.33. The van der Waals surface area contributed by atoms with Gasteiger partial charge in [-0.1, -0.05) is 11.6 Å². The summed E-state index contributed by atoms with van der Waals surface area (Å²) in [6, 6.07) is 11.8. The van der Waals surface area contributed by atoms with Gasteiger partial charge in [-0.25, -0.2) is 9.97 Å². The molecule has 32 heavy (non-hydrogen) atoms. The molecule has 0 aliphatic carbocycles. The Morgan fingerprint density at radius 2 is 1.72 bits per heavy atom. The van der Waals surface area contributed by atoms with Crippen LogP contribution in [-0.2, 0) is 0 Å². The standard InChI is InChI=1S/C24H27ClN6O/c1-16-14-17(2)26-23-22(16)24-27-18(3)15-21(31(24)28-23)30-10-8-29(9-11-30)12-13-32-20-6-4-19(25)5-7-20/h4-7,14-15H,8-13H2,1-3H3/p+1. The highest BCUT2D eigenvalue weighted by atomic mass is 35.5. The predicted octanol–water partition coefficient (Wildman–Crippen LogP) is 2.64. The number of pyridine rings is 1. The number of fused-ring (bicyclic) bond motifs is 3. The summed E-state index contributed by atoms with van der Waals surface area (Å²) in [6.07, 6.45) is 0. The van der Waals surface area contributed by atoms with Crippen molar-refractivity contribution in [3.63, 3.8) is 0 Å². The SMILES string of the molecule is Cc1cc(C)c2c(n1)nn1c(N3CC[NH+](CCOc4ccc(Cl)cc4)CC3)cc(C)nc21. The molecule has 0 radical (unpaired) electrons. The average molecular weight is 452 g/mol. The summed E-state index contributed by atoms with van der Waals surface area (Å²) >= 11 is 5.94. The molecule has 5 rings (SSSR count). The first-order chi connectivity index (χ1) is 15.5. The van der Waals surface area contributed by atoms with E-state index in [4.69, 9.17) is 26.4 Å². The molecule has 3 aromatic heterocycles. The number of nitrogens with one attached hydrogen (secondary N) is 1. The van der Waals surface area contributed by atoms with Crippen LogP contribution in [0.1, 0.15) is 17.0 Å². The molecule has 0 amide bonds. The number of benzene rings is 1. The molecular formula is C24H28ClN6O+. The molecule has 1 aromatic carbocycles. The Labute approximate surface area is 192 Å². The van der Waals surface area contributed by atoms with Crippen molar-refractivity contribution in [2.75, 3.05) is 44.2 Å². The van der Waals surface area contributed by atoms with E-state index in [1.807, 2.05) is 35.7 Å². The second-order valence-corrected chi connectivity index (χ2v) is 9.00. The molecule has 1 aliphatic heterocycles. The number of anilines is 1. The topological polar surface area (TPSA) is 60.0 Å². The van der Waals surface area contributed by atoms with Gasteiger partial charge in [0.1, 0.15) is 24.7 Å². The Morgan fingerprint density at radius 3 is 2.47 bits per heavy atom. The fraction of sp³-hybridized carbons (Fsp3) is 0.375. The number of aryl methyl sites for hydroxylation is 3. The van der Waals surface area contributed by atoms with Crippen LogP contribution < -0.4 is 14.5 Å². The molecule has 0 bridgehead atoms. The zero-order valence-electron chi connectivity index (χ0n) is 18.7. The monoisotopic (exact) mass is 451 g/mol. The maximum absolute atomic E-state index is 5.94. The van der Waals surface area contributed by atoms with E-state index in [9.17, 15) is 0 Å². The molecule has 0 atom stereocenters. The first kappa shape index (κ1) is 21.0. The van der Waals surface area contributed by atoms with Gasteiger partial charge < -0.3 is 14.5 Å². The zero-order chi connectivity index (χ0) is 22.2. The van der Waals surface area contributed by atoms with Gasteiger partial charge in [0.25, 0.3) is 0 Å². The summed E-state index contributed by atoms with van der Waals surface area (Å²) in [5, 5.41) is 6.60. The third kappa shape index (κ3) is 4.10. The number of hydrogen-bond donors (Lipinski definition) is 1. The van der Waals surface area contributed by atoms with Crippen LogP contribution in [0, 0.1) is 20.8 Å². The highest BCUT2D eigenvalue weighted by Gasteiger charge is 2.24. The number of aromatic nitrogens is 4. The van der Waals surface area contributed by atoms with Gasteiger partial charge in [0, 0.05) is 22.5 Å². The maximum atomic E-state index is 5.94. The molecule has 0 spiro atoms. The molecule has 8 heteroatoms. The molecule has 1 fully saturated rings. The van der Waals surface area contributed by atoms with Crippen LogP contribution in [0.4, 0.5) is 5.82 Å². The Bertz CT molecular complexity index is 1260. The first-order valence-electron chi connectivity index (χ1n) is 11.1. The van der Waals surface area contributed by atoms with Gasteiger partial charge in [-0.15, -0.1) is 5.10 Å². The van der Waals surface area contributed by atoms with Gasteiger partial charge in [-0.05, 0) is 56.7 Å². The lowest BCUT2D eigenvalue weighted by molar-refractivity contribution is -0.900. The van der Waals surface area contributed by atoms with Crippen LogP contribution in [0.5, 0.6) is 5.75 Å². The number of halogens is 1. The molecule has 4 heterocycles. The highest BCUT2D eigenvalue weighted by Crippen LogP contribution is 2.26. The van der Waals surface area contributed by atoms with Gasteiger partial charge in [-0.3, -0.25) is 0 Å². The van der Waals surface area contributed by atoms with E-state index in [-0.39, 0.29) is 0 Å². The van der Waals surface area contributed by atoms with Gasteiger partial charge in [0.2, 0.25) is 0 Å². The summed E-state index contributed by atoms with van der Waals surface area (Å²) < 4.78 is 7.86. The number of rotatable bonds is 5. The minimum absolute atomic E-state index is 0.699. The molecular weight excluding hydrogens is 424 g/mol. The van der Waals surface area contributed by atoms with E-state index in [0.29, 0.717) is 6.61 Å². The van der Waals surface area contributed by atoms with Gasteiger partial charge in [0.15, 0.2) is 11.3 Å². The Hall–Kier alpha value is -2.90. The Morgan fingerprint density at radius 1 is 1.00 bits per heavy atom. The quantitative estimate of drug-likeness (QED) is 0.505. The van der Waals surface area contributed by atoms with Crippen molar-refractivity contribution in [2.24, 2.45) is 0 Å². The van der Waals surface area contributed by atoms with Crippen molar-refractivity contribution >= 4 is 34.1 Å². The minimum atomic E-state index is 0.699. The third-order valence-electron chi connectivity index (χ3n) is 6.11. The van der Waals surface area contributed by atoms with Crippen LogP contribution in [0.3, 0.4) is 0 Å². The second kappa shape index (κ2) is 8.56. The second-order valence-electron chi connectivity index (χ2n) is 8.56. The Balaban J connectivity index is 1.29. The van der Waals surface area contributed by atoms with E-state index in [0.717, 1.165) is 77.4 Å². The average Bonchev–Trinajstić information content (AvgIpc) is 3.13. The summed E-state index contributed by atoms with van der Waals surface area (Å²) in [4.78, 5) is 13.4. The molecule has 1 N–H and O–H groups in total. The molecule has 7 nitrogen and oxygen atoms in total. The summed E-state index contributed by atoms with van der Waals surface area (Å²) in [5.41, 5.74) is 4.81. The highest BCUT2D eigenvalue weighted by molar-refractivity contribution is 6.30. The molecule has 0 saturated carbocycles. The van der Waals surface area contributed by atoms with E-state index in [1.54, 1.807) is 4.90 Å². The number of ether oxygens (including phenoxy) is 1. The van der Waals surface area contributed by atoms with Crippen LogP contribution in [0.2, 0.25) is 5.02 Å². The van der Waals surface area contributed by atoms with E-state index in [2.05, 4.69) is 35.9 Å². The number of nitrogens with zero attached hydrogens (tertiary/aromatic N) is 5. The number of piperazine rings is 1. The van der Waals surface area contributed by atoms with Crippen LogP contribution >= 0.6 is 11.6 Å². The maximum Gasteiger partial charge on any atom is 0.184 e. The van der Waals surface area contributed by atoms with Crippen molar-refractivity contribution in [1.29, 1.82) is 0 Å². The zero-order valence-corrected chi connectivity index (χ0v) is 19.5. The summed E-state index contributed by atoms with van der Waals surface area (Å²) in [5.74, 6) is 1.96. The van der Waals surface area contributed by atoms with Crippen molar-refractivity contribution in [1.82, 2.24) is 19.6 Å². The van der Waals surface area contributed by atoms with Crippen molar-refractivity contribution in [2.45, 2.75) is 20.8 Å². The summed E-state index contributed by atoms with van der Waals surface area (Å²) in [7, 11) is 0. The molecule has 1 saturated heterocycles. The van der Waals surface area contributed by atoms with E-state index < -0.39 is 0 Å². The van der Waals surface area contributed by atoms with E-state index in [1.165, 1.54) is 5.56 Å². The van der Waals surface area contributed by atoms with Gasteiger partial charge >= 0.3 is 0 Å². The Kier molecular flexibility index (Phi) is 5.61. The van der Waals surface area contributed by atoms with Crippen molar-refractivity contribution in [3.05, 3.63) is 58.4 Å². The van der Waals surface area contributed by atoms with Crippen molar-refractivity contribution < 1.29 is 9.64 Å². The lowest BCUT2D eigenvalue weighted by atomic mass is 10.2. The fourth-order valence-corrected chi connectivity index (χ4v) is 4.62.